The van der Waals surface area contributed by atoms with Crippen molar-refractivity contribution < 1.29 is 4.74 Å². The predicted molar refractivity (Wildman–Crippen MR) is 92.1 cm³/mol. The summed E-state index contributed by atoms with van der Waals surface area (Å²) in [6.07, 6.45) is 5.40. The lowest BCUT2D eigenvalue weighted by Gasteiger charge is -2.02. The van der Waals surface area contributed by atoms with Gasteiger partial charge in [-0.05, 0) is 42.0 Å². The summed E-state index contributed by atoms with van der Waals surface area (Å²) in [5.74, 6) is 1.55. The van der Waals surface area contributed by atoms with Crippen molar-refractivity contribution in [2.75, 3.05) is 19.5 Å². The number of H-pyrrole nitrogens is 1. The van der Waals surface area contributed by atoms with Crippen molar-refractivity contribution in [3.05, 3.63) is 53.9 Å². The number of pyridine rings is 1. The second kappa shape index (κ2) is 6.24. The molecule has 0 spiro atoms. The lowest BCUT2D eigenvalue weighted by Crippen LogP contribution is -1.91. The van der Waals surface area contributed by atoms with Crippen molar-refractivity contribution >= 4 is 28.4 Å². The number of nitrogens with zero attached hydrogens (tertiary/aromatic N) is 2. The Kier molecular flexibility index (Phi) is 3.98. The molecule has 0 aliphatic rings. The predicted octanol–water partition coefficient (Wildman–Crippen LogP) is 3.68. The fourth-order valence-corrected chi connectivity index (χ4v) is 2.43. The van der Waals surface area contributed by atoms with Crippen molar-refractivity contribution in [1.82, 2.24) is 9.97 Å². The van der Waals surface area contributed by atoms with Gasteiger partial charge in [0.1, 0.15) is 11.6 Å². The topological polar surface area (TPSA) is 73.7 Å². The summed E-state index contributed by atoms with van der Waals surface area (Å²) in [6.45, 7) is 0. The minimum absolute atomic E-state index is 0.573. The first-order valence-electron chi connectivity index (χ1n) is 7.16. The summed E-state index contributed by atoms with van der Waals surface area (Å²) in [5.41, 5.74) is 3.26. The molecule has 0 aliphatic heterocycles. The number of benzene rings is 1. The van der Waals surface area contributed by atoms with E-state index in [-0.39, 0.29) is 0 Å². The molecule has 5 nitrogen and oxygen atoms in total. The molecule has 2 aromatic heterocycles. The average Bonchev–Trinajstić information content (AvgIpc) is 3.03. The molecule has 2 N–H and O–H groups in total. The summed E-state index contributed by atoms with van der Waals surface area (Å²) in [6, 6.07) is 11.8. The summed E-state index contributed by atoms with van der Waals surface area (Å²) >= 11 is 0. The van der Waals surface area contributed by atoms with E-state index in [1.807, 2.05) is 49.7 Å². The molecule has 3 aromatic rings. The molecule has 0 atom stereocenters. The minimum atomic E-state index is 0.573. The van der Waals surface area contributed by atoms with E-state index >= 15 is 0 Å². The van der Waals surface area contributed by atoms with E-state index in [9.17, 15) is 5.26 Å². The van der Waals surface area contributed by atoms with Crippen molar-refractivity contribution in [3.8, 4) is 11.8 Å². The van der Waals surface area contributed by atoms with Crippen molar-refractivity contribution in [1.29, 1.82) is 5.26 Å². The van der Waals surface area contributed by atoms with Crippen LogP contribution in [-0.4, -0.2) is 24.1 Å². The first kappa shape index (κ1) is 14.7. The second-order valence-electron chi connectivity index (χ2n) is 5.01. The highest BCUT2D eigenvalue weighted by Crippen LogP contribution is 2.29. The number of aromatic amines is 1. The third-order valence-electron chi connectivity index (χ3n) is 3.65. The molecule has 3 rings (SSSR count). The first-order chi connectivity index (χ1) is 11.2. The molecule has 0 saturated carbocycles. The van der Waals surface area contributed by atoms with Crippen molar-refractivity contribution in [2.45, 2.75) is 0 Å². The number of fused-ring (bicyclic) bond motifs is 1. The van der Waals surface area contributed by atoms with Gasteiger partial charge in [-0.2, -0.15) is 5.26 Å². The van der Waals surface area contributed by atoms with E-state index in [2.05, 4.69) is 21.4 Å². The van der Waals surface area contributed by atoms with Gasteiger partial charge < -0.3 is 15.0 Å². The van der Waals surface area contributed by atoms with Crippen molar-refractivity contribution in [3.63, 3.8) is 0 Å². The van der Waals surface area contributed by atoms with Crippen LogP contribution in [-0.2, 0) is 0 Å². The number of anilines is 1. The highest BCUT2D eigenvalue weighted by Gasteiger charge is 2.10. The van der Waals surface area contributed by atoms with Gasteiger partial charge in [0.15, 0.2) is 0 Å². The van der Waals surface area contributed by atoms with Gasteiger partial charge in [-0.3, -0.25) is 0 Å². The maximum absolute atomic E-state index is 9.55. The molecule has 2 heterocycles. The Bertz CT molecular complexity index is 901. The van der Waals surface area contributed by atoms with E-state index in [0.717, 1.165) is 33.6 Å². The van der Waals surface area contributed by atoms with Crippen LogP contribution in [0.25, 0.3) is 22.6 Å². The molecule has 0 aliphatic carbocycles. The minimum Gasteiger partial charge on any atom is -0.497 e. The number of aromatic nitrogens is 2. The number of nitriles is 1. The van der Waals surface area contributed by atoms with E-state index in [0.29, 0.717) is 5.57 Å². The van der Waals surface area contributed by atoms with Crippen molar-refractivity contribution in [2.24, 2.45) is 0 Å². The lowest BCUT2D eigenvalue weighted by molar-refractivity contribution is 0.415. The molecule has 0 bridgehead atoms. The number of rotatable bonds is 4. The Balaban J connectivity index is 2.06. The molecule has 5 heteroatoms. The second-order valence-corrected chi connectivity index (χ2v) is 5.01. The Hall–Kier alpha value is -3.26. The van der Waals surface area contributed by atoms with Crippen LogP contribution in [0.1, 0.15) is 11.1 Å². The molecular formula is C18H16N4O. The van der Waals surface area contributed by atoms with Crippen LogP contribution in [0.5, 0.6) is 5.75 Å². The zero-order valence-electron chi connectivity index (χ0n) is 12.9. The Morgan fingerprint density at radius 3 is 2.87 bits per heavy atom. The Morgan fingerprint density at radius 1 is 1.35 bits per heavy atom. The molecule has 114 valence electrons. The largest absolute Gasteiger partial charge is 0.497 e. The molecule has 0 fully saturated rings. The molecule has 23 heavy (non-hydrogen) atoms. The van der Waals surface area contributed by atoms with Gasteiger partial charge in [0.2, 0.25) is 0 Å². The van der Waals surface area contributed by atoms with Gasteiger partial charge in [-0.25, -0.2) is 4.98 Å². The summed E-state index contributed by atoms with van der Waals surface area (Å²) in [4.78, 5) is 7.45. The van der Waals surface area contributed by atoms with Gasteiger partial charge >= 0.3 is 0 Å². The molecule has 1 aromatic carbocycles. The van der Waals surface area contributed by atoms with Gasteiger partial charge in [0.25, 0.3) is 0 Å². The van der Waals surface area contributed by atoms with Crippen LogP contribution < -0.4 is 10.1 Å². The van der Waals surface area contributed by atoms with Crippen LogP contribution in [0, 0.1) is 11.3 Å². The fourth-order valence-electron chi connectivity index (χ4n) is 2.43. The maximum atomic E-state index is 9.55. The van der Waals surface area contributed by atoms with Crippen LogP contribution in [0.3, 0.4) is 0 Å². The molecule has 0 saturated heterocycles. The SMILES string of the molecule is CNc1ccc(C=C(C#N)c2c[nH]c3ccc(OC)cc23)cn1. The number of nitrogens with one attached hydrogen (secondary N) is 2. The van der Waals surface area contributed by atoms with Gasteiger partial charge in [0, 0.05) is 35.9 Å². The quantitative estimate of drug-likeness (QED) is 0.721. The molecular weight excluding hydrogens is 288 g/mol. The normalized spacial score (nSPS) is 11.3. The zero-order chi connectivity index (χ0) is 16.2. The number of allylic oxidation sites excluding steroid dienone is 1. The Labute approximate surface area is 134 Å². The molecule has 0 unspecified atom stereocenters. The van der Waals surface area contributed by atoms with Crippen LogP contribution in [0.15, 0.2) is 42.7 Å². The third-order valence-corrected chi connectivity index (χ3v) is 3.65. The monoisotopic (exact) mass is 304 g/mol. The van der Waals surface area contributed by atoms with Gasteiger partial charge in [-0.1, -0.05) is 0 Å². The molecule has 0 radical (unpaired) electrons. The number of hydrogen-bond donors (Lipinski definition) is 2. The first-order valence-corrected chi connectivity index (χ1v) is 7.16. The van der Waals surface area contributed by atoms with E-state index in [4.69, 9.17) is 4.74 Å². The van der Waals surface area contributed by atoms with Crippen LogP contribution >= 0.6 is 0 Å². The zero-order valence-corrected chi connectivity index (χ0v) is 12.9. The smallest absolute Gasteiger partial charge is 0.125 e. The average molecular weight is 304 g/mol. The summed E-state index contributed by atoms with van der Waals surface area (Å²) in [7, 11) is 3.45. The summed E-state index contributed by atoms with van der Waals surface area (Å²) in [5, 5.41) is 13.5. The fraction of sp³-hybridized carbons (Fsp3) is 0.111. The highest BCUT2D eigenvalue weighted by molar-refractivity contribution is 6.01. The highest BCUT2D eigenvalue weighted by atomic mass is 16.5. The van der Waals surface area contributed by atoms with Crippen LogP contribution in [0.4, 0.5) is 5.82 Å². The Morgan fingerprint density at radius 2 is 2.22 bits per heavy atom. The van der Waals surface area contributed by atoms with E-state index in [1.165, 1.54) is 0 Å². The van der Waals surface area contributed by atoms with Crippen LogP contribution in [0.2, 0.25) is 0 Å². The third kappa shape index (κ3) is 2.87. The number of methoxy groups -OCH3 is 1. The molecule has 0 amide bonds. The van der Waals surface area contributed by atoms with E-state index < -0.39 is 0 Å². The van der Waals surface area contributed by atoms with Gasteiger partial charge in [-0.15, -0.1) is 0 Å². The van der Waals surface area contributed by atoms with Gasteiger partial charge in [0.05, 0.1) is 18.8 Å². The standard InChI is InChI=1S/C18H16N4O/c1-20-18-6-3-12(10-22-18)7-13(9-19)16-11-21-17-5-4-14(23-2)8-15(16)17/h3-8,10-11,21H,1-2H3,(H,20,22). The number of hydrogen-bond acceptors (Lipinski definition) is 4. The lowest BCUT2D eigenvalue weighted by atomic mass is 10.0. The maximum Gasteiger partial charge on any atom is 0.125 e. The van der Waals surface area contributed by atoms with E-state index in [1.54, 1.807) is 13.3 Å². The number of ether oxygens (including phenoxy) is 1. The summed E-state index contributed by atoms with van der Waals surface area (Å²) < 4.78 is 5.27.